The summed E-state index contributed by atoms with van der Waals surface area (Å²) in [5.74, 6) is 1.37. The van der Waals surface area contributed by atoms with Gasteiger partial charge in [0, 0.05) is 31.2 Å². The number of imidazole rings is 1. The standard InChI is InChI=1S/C19H23ClN6O/c1-12-22-17-16(18(27)24(12)2)26(10-13-6-3-4-8-15(13)20)19(23-17)25-9-5-7-14(21)11-25/h3-4,6,8,14H,5,7,9-11,21H2,1-2H3. The SMILES string of the molecule is Cc1nc2nc(N3CCCC(N)C3)n(Cc3ccccc3Cl)c2c(=O)n1C. The van der Waals surface area contributed by atoms with Crippen molar-refractivity contribution < 1.29 is 0 Å². The lowest BCUT2D eigenvalue weighted by Crippen LogP contribution is -2.44. The highest BCUT2D eigenvalue weighted by molar-refractivity contribution is 6.31. The Hall–Kier alpha value is -2.38. The van der Waals surface area contributed by atoms with Crippen molar-refractivity contribution in [2.45, 2.75) is 32.4 Å². The van der Waals surface area contributed by atoms with Crippen molar-refractivity contribution in [3.05, 3.63) is 51.0 Å². The zero-order valence-electron chi connectivity index (χ0n) is 15.5. The van der Waals surface area contributed by atoms with E-state index in [1.165, 1.54) is 0 Å². The predicted molar refractivity (Wildman–Crippen MR) is 107 cm³/mol. The predicted octanol–water partition coefficient (Wildman–Crippen LogP) is 2.07. The van der Waals surface area contributed by atoms with Gasteiger partial charge in [0.2, 0.25) is 5.95 Å². The van der Waals surface area contributed by atoms with Crippen LogP contribution in [0.25, 0.3) is 11.2 Å². The number of nitrogens with zero attached hydrogens (tertiary/aromatic N) is 5. The van der Waals surface area contributed by atoms with Gasteiger partial charge in [0.25, 0.3) is 5.56 Å². The second kappa shape index (κ2) is 6.98. The molecule has 7 nitrogen and oxygen atoms in total. The van der Waals surface area contributed by atoms with Crippen molar-refractivity contribution in [3.63, 3.8) is 0 Å². The second-order valence-corrected chi connectivity index (χ2v) is 7.54. The third-order valence-corrected chi connectivity index (χ3v) is 5.59. The highest BCUT2D eigenvalue weighted by atomic mass is 35.5. The zero-order valence-corrected chi connectivity index (χ0v) is 16.3. The van der Waals surface area contributed by atoms with Crippen molar-refractivity contribution in [2.75, 3.05) is 18.0 Å². The van der Waals surface area contributed by atoms with E-state index in [0.29, 0.717) is 35.1 Å². The first-order chi connectivity index (χ1) is 13.0. The van der Waals surface area contributed by atoms with Gasteiger partial charge in [-0.1, -0.05) is 29.8 Å². The van der Waals surface area contributed by atoms with Gasteiger partial charge in [0.1, 0.15) is 5.82 Å². The van der Waals surface area contributed by atoms with E-state index in [-0.39, 0.29) is 11.6 Å². The number of hydrogen-bond acceptors (Lipinski definition) is 5. The monoisotopic (exact) mass is 386 g/mol. The first-order valence-electron chi connectivity index (χ1n) is 9.13. The van der Waals surface area contributed by atoms with Gasteiger partial charge < -0.3 is 10.6 Å². The minimum absolute atomic E-state index is 0.102. The molecule has 8 heteroatoms. The van der Waals surface area contributed by atoms with Gasteiger partial charge in [-0.2, -0.15) is 4.98 Å². The summed E-state index contributed by atoms with van der Waals surface area (Å²) in [6.45, 7) is 3.84. The third kappa shape index (κ3) is 3.21. The first-order valence-corrected chi connectivity index (χ1v) is 9.51. The van der Waals surface area contributed by atoms with Crippen molar-refractivity contribution in [2.24, 2.45) is 12.8 Å². The molecule has 0 aliphatic carbocycles. The Morgan fingerprint density at radius 1 is 1.30 bits per heavy atom. The highest BCUT2D eigenvalue weighted by Gasteiger charge is 2.25. The summed E-state index contributed by atoms with van der Waals surface area (Å²) >= 11 is 6.38. The van der Waals surface area contributed by atoms with Crippen LogP contribution in [-0.2, 0) is 13.6 Å². The molecule has 3 heterocycles. The van der Waals surface area contributed by atoms with E-state index in [9.17, 15) is 4.79 Å². The van der Waals surface area contributed by atoms with Crippen LogP contribution in [0.4, 0.5) is 5.95 Å². The number of nitrogens with two attached hydrogens (primary N) is 1. The van der Waals surface area contributed by atoms with E-state index in [4.69, 9.17) is 22.3 Å². The number of anilines is 1. The summed E-state index contributed by atoms with van der Waals surface area (Å²) in [5.41, 5.74) is 7.97. The maximum atomic E-state index is 13.0. The molecular weight excluding hydrogens is 364 g/mol. The Bertz CT molecular complexity index is 1060. The molecular formula is C19H23ClN6O. The quantitative estimate of drug-likeness (QED) is 0.745. The van der Waals surface area contributed by atoms with E-state index in [1.54, 1.807) is 11.6 Å². The molecule has 0 saturated carbocycles. The maximum absolute atomic E-state index is 13.0. The molecule has 0 radical (unpaired) electrons. The van der Waals surface area contributed by atoms with Crippen LogP contribution < -0.4 is 16.2 Å². The number of aryl methyl sites for hydroxylation is 1. The van der Waals surface area contributed by atoms with Gasteiger partial charge in [0.15, 0.2) is 11.2 Å². The minimum atomic E-state index is -0.107. The molecule has 1 aliphatic heterocycles. The fraction of sp³-hybridized carbons (Fsp3) is 0.421. The summed E-state index contributed by atoms with van der Waals surface area (Å²) in [6, 6.07) is 7.76. The van der Waals surface area contributed by atoms with E-state index in [1.807, 2.05) is 35.8 Å². The molecule has 1 unspecified atom stereocenters. The lowest BCUT2D eigenvalue weighted by molar-refractivity contribution is 0.495. The van der Waals surface area contributed by atoms with Crippen LogP contribution in [0.3, 0.4) is 0 Å². The second-order valence-electron chi connectivity index (χ2n) is 7.13. The Kier molecular flexibility index (Phi) is 4.65. The normalized spacial score (nSPS) is 17.6. The average molecular weight is 387 g/mol. The molecule has 1 aliphatic rings. The Morgan fingerprint density at radius 3 is 2.81 bits per heavy atom. The van der Waals surface area contributed by atoms with Crippen LogP contribution in [0, 0.1) is 6.92 Å². The van der Waals surface area contributed by atoms with Crippen LogP contribution in [-0.4, -0.2) is 38.2 Å². The molecule has 1 saturated heterocycles. The topological polar surface area (TPSA) is 82.0 Å². The number of aromatic nitrogens is 4. The van der Waals surface area contributed by atoms with Crippen LogP contribution in [0.2, 0.25) is 5.02 Å². The van der Waals surface area contributed by atoms with Gasteiger partial charge in [-0.3, -0.25) is 13.9 Å². The summed E-state index contributed by atoms with van der Waals surface area (Å²) in [7, 11) is 1.73. The minimum Gasteiger partial charge on any atom is -0.341 e. The fourth-order valence-electron chi connectivity index (χ4n) is 3.63. The summed E-state index contributed by atoms with van der Waals surface area (Å²) in [5, 5.41) is 0.664. The van der Waals surface area contributed by atoms with Gasteiger partial charge in [-0.25, -0.2) is 4.98 Å². The number of rotatable bonds is 3. The summed E-state index contributed by atoms with van der Waals surface area (Å²) in [4.78, 5) is 24.4. The molecule has 0 amide bonds. The fourth-order valence-corrected chi connectivity index (χ4v) is 3.83. The Morgan fingerprint density at radius 2 is 2.07 bits per heavy atom. The number of fused-ring (bicyclic) bond motifs is 1. The molecule has 3 aromatic rings. The van der Waals surface area contributed by atoms with E-state index in [2.05, 4.69) is 9.88 Å². The van der Waals surface area contributed by atoms with Crippen LogP contribution >= 0.6 is 11.6 Å². The lowest BCUT2D eigenvalue weighted by Gasteiger charge is -2.32. The molecule has 2 aromatic heterocycles. The molecule has 0 spiro atoms. The van der Waals surface area contributed by atoms with Gasteiger partial charge in [0.05, 0.1) is 6.54 Å². The number of hydrogen-bond donors (Lipinski definition) is 1. The molecule has 1 aromatic carbocycles. The van der Waals surface area contributed by atoms with Gasteiger partial charge in [-0.15, -0.1) is 0 Å². The van der Waals surface area contributed by atoms with Crippen molar-refractivity contribution in [1.29, 1.82) is 0 Å². The largest absolute Gasteiger partial charge is 0.341 e. The molecule has 27 heavy (non-hydrogen) atoms. The summed E-state index contributed by atoms with van der Waals surface area (Å²) < 4.78 is 3.49. The van der Waals surface area contributed by atoms with Crippen LogP contribution in [0.1, 0.15) is 24.2 Å². The molecule has 1 atom stereocenters. The first kappa shape index (κ1) is 18.0. The number of benzene rings is 1. The van der Waals surface area contributed by atoms with E-state index >= 15 is 0 Å². The smallest absolute Gasteiger partial charge is 0.279 e. The third-order valence-electron chi connectivity index (χ3n) is 5.22. The number of halogens is 1. The van der Waals surface area contributed by atoms with Gasteiger partial charge >= 0.3 is 0 Å². The van der Waals surface area contributed by atoms with Crippen LogP contribution in [0.15, 0.2) is 29.1 Å². The molecule has 4 rings (SSSR count). The molecule has 142 valence electrons. The van der Waals surface area contributed by atoms with E-state index in [0.717, 1.165) is 30.9 Å². The summed E-state index contributed by atoms with van der Waals surface area (Å²) in [6.07, 6.45) is 2.00. The van der Waals surface area contributed by atoms with Crippen LogP contribution in [0.5, 0.6) is 0 Å². The number of piperidine rings is 1. The van der Waals surface area contributed by atoms with Gasteiger partial charge in [-0.05, 0) is 31.4 Å². The maximum Gasteiger partial charge on any atom is 0.279 e. The van der Waals surface area contributed by atoms with Crippen molar-refractivity contribution in [3.8, 4) is 0 Å². The molecule has 0 bridgehead atoms. The van der Waals surface area contributed by atoms with E-state index < -0.39 is 0 Å². The lowest BCUT2D eigenvalue weighted by atomic mass is 10.1. The molecule has 2 N–H and O–H groups in total. The average Bonchev–Trinajstić information content (AvgIpc) is 3.00. The zero-order chi connectivity index (χ0) is 19.1. The Balaban J connectivity index is 1.92. The van der Waals surface area contributed by atoms with Crippen molar-refractivity contribution >= 4 is 28.7 Å². The Labute approximate surface area is 162 Å². The molecule has 1 fully saturated rings. The highest BCUT2D eigenvalue weighted by Crippen LogP contribution is 2.26. The van der Waals surface area contributed by atoms with Crippen molar-refractivity contribution in [1.82, 2.24) is 19.1 Å².